The van der Waals surface area contributed by atoms with Crippen molar-refractivity contribution in [3.8, 4) is 0 Å². The Kier molecular flexibility index (Phi) is 5.06. The van der Waals surface area contributed by atoms with Crippen LogP contribution in [0.1, 0.15) is 18.0 Å². The van der Waals surface area contributed by atoms with E-state index in [4.69, 9.17) is 10.5 Å². The maximum atomic E-state index is 6.26. The Balaban J connectivity index is 2.11. The van der Waals surface area contributed by atoms with Gasteiger partial charge < -0.3 is 10.5 Å². The number of nitrogens with zero attached hydrogens (tertiary/aromatic N) is 1. The van der Waals surface area contributed by atoms with Gasteiger partial charge in [-0.25, -0.2) is 0 Å². The Hall–Kier alpha value is -0.550. The van der Waals surface area contributed by atoms with Gasteiger partial charge in [-0.3, -0.25) is 4.90 Å². The van der Waals surface area contributed by atoms with E-state index in [1.54, 1.807) is 18.9 Å². The standard InChI is InChI=1S/C14H22N2OS/c1-17-10-9-16-8-7-13(15)14(16)11-3-5-12(18-2)6-4-11/h3-6,13-14H,7-10,15H2,1-2H3. The van der Waals surface area contributed by atoms with Gasteiger partial charge >= 0.3 is 0 Å². The molecule has 0 aliphatic carbocycles. The van der Waals surface area contributed by atoms with Gasteiger partial charge in [-0.2, -0.15) is 0 Å². The van der Waals surface area contributed by atoms with Gasteiger partial charge in [0.15, 0.2) is 0 Å². The van der Waals surface area contributed by atoms with Crippen molar-refractivity contribution in [3.05, 3.63) is 29.8 Å². The molecular weight excluding hydrogens is 244 g/mol. The minimum atomic E-state index is 0.238. The normalized spacial score (nSPS) is 24.6. The van der Waals surface area contributed by atoms with Crippen LogP contribution in [0.3, 0.4) is 0 Å². The van der Waals surface area contributed by atoms with Crippen molar-refractivity contribution in [1.29, 1.82) is 0 Å². The molecule has 2 N–H and O–H groups in total. The Labute approximate surface area is 114 Å². The summed E-state index contributed by atoms with van der Waals surface area (Å²) in [6, 6.07) is 9.36. The van der Waals surface area contributed by atoms with Gasteiger partial charge in [-0.1, -0.05) is 12.1 Å². The van der Waals surface area contributed by atoms with E-state index in [1.165, 1.54) is 10.5 Å². The highest BCUT2D eigenvalue weighted by Gasteiger charge is 2.32. The third-order valence-electron chi connectivity index (χ3n) is 3.59. The summed E-state index contributed by atoms with van der Waals surface area (Å²) in [6.07, 6.45) is 3.17. The Bertz CT molecular complexity index is 369. The van der Waals surface area contributed by atoms with E-state index in [2.05, 4.69) is 35.4 Å². The molecule has 18 heavy (non-hydrogen) atoms. The summed E-state index contributed by atoms with van der Waals surface area (Å²) in [7, 11) is 1.75. The first kappa shape index (κ1) is 13.9. The number of methoxy groups -OCH3 is 1. The fourth-order valence-electron chi connectivity index (χ4n) is 2.60. The first-order valence-corrected chi connectivity index (χ1v) is 7.61. The van der Waals surface area contributed by atoms with E-state index in [0.717, 1.165) is 26.1 Å². The van der Waals surface area contributed by atoms with Crippen LogP contribution in [0.2, 0.25) is 0 Å². The second kappa shape index (κ2) is 6.57. The first-order valence-electron chi connectivity index (χ1n) is 6.38. The summed E-state index contributed by atoms with van der Waals surface area (Å²) in [6.45, 7) is 2.80. The average molecular weight is 266 g/mol. The third-order valence-corrected chi connectivity index (χ3v) is 4.33. The Morgan fingerprint density at radius 2 is 2.11 bits per heavy atom. The monoisotopic (exact) mass is 266 g/mol. The molecule has 4 heteroatoms. The van der Waals surface area contributed by atoms with Crippen molar-refractivity contribution < 1.29 is 4.74 Å². The van der Waals surface area contributed by atoms with Crippen molar-refractivity contribution >= 4 is 11.8 Å². The van der Waals surface area contributed by atoms with Crippen molar-refractivity contribution in [2.75, 3.05) is 33.1 Å². The number of hydrogen-bond acceptors (Lipinski definition) is 4. The molecular formula is C14H22N2OS. The SMILES string of the molecule is COCCN1CCC(N)C1c1ccc(SC)cc1. The molecule has 1 fully saturated rings. The zero-order valence-corrected chi connectivity index (χ0v) is 12.0. The summed E-state index contributed by atoms with van der Waals surface area (Å²) in [5.74, 6) is 0. The van der Waals surface area contributed by atoms with Gasteiger partial charge in [-0.05, 0) is 30.4 Å². The lowest BCUT2D eigenvalue weighted by atomic mass is 10.0. The van der Waals surface area contributed by atoms with Crippen molar-refractivity contribution in [2.45, 2.75) is 23.4 Å². The number of thioether (sulfide) groups is 1. The van der Waals surface area contributed by atoms with Crippen LogP contribution in [0.25, 0.3) is 0 Å². The molecule has 1 saturated heterocycles. The highest BCUT2D eigenvalue weighted by Crippen LogP contribution is 2.31. The van der Waals surface area contributed by atoms with Gasteiger partial charge in [0.05, 0.1) is 12.6 Å². The lowest BCUT2D eigenvalue weighted by Crippen LogP contribution is -2.33. The predicted octanol–water partition coefficient (Wildman–Crippen LogP) is 2.13. The molecule has 2 rings (SSSR count). The molecule has 3 nitrogen and oxygen atoms in total. The molecule has 0 aromatic heterocycles. The summed E-state index contributed by atoms with van der Waals surface area (Å²) < 4.78 is 5.17. The number of hydrogen-bond donors (Lipinski definition) is 1. The van der Waals surface area contributed by atoms with Crippen LogP contribution in [0.5, 0.6) is 0 Å². The quantitative estimate of drug-likeness (QED) is 0.829. The Morgan fingerprint density at radius 3 is 2.72 bits per heavy atom. The van der Waals surface area contributed by atoms with Crippen molar-refractivity contribution in [3.63, 3.8) is 0 Å². The summed E-state index contributed by atoms with van der Waals surface area (Å²) >= 11 is 1.77. The smallest absolute Gasteiger partial charge is 0.0589 e. The topological polar surface area (TPSA) is 38.5 Å². The van der Waals surface area contributed by atoms with Crippen molar-refractivity contribution in [1.82, 2.24) is 4.90 Å². The fourth-order valence-corrected chi connectivity index (χ4v) is 3.01. The maximum absolute atomic E-state index is 6.26. The van der Waals surface area contributed by atoms with E-state index >= 15 is 0 Å². The fraction of sp³-hybridized carbons (Fsp3) is 0.571. The number of ether oxygens (including phenoxy) is 1. The zero-order valence-electron chi connectivity index (χ0n) is 11.1. The molecule has 0 saturated carbocycles. The molecule has 1 aromatic rings. The minimum Gasteiger partial charge on any atom is -0.383 e. The Morgan fingerprint density at radius 1 is 1.39 bits per heavy atom. The highest BCUT2D eigenvalue weighted by molar-refractivity contribution is 7.98. The number of likely N-dealkylation sites (tertiary alicyclic amines) is 1. The van der Waals surface area contributed by atoms with Gasteiger partial charge in [0, 0.05) is 31.1 Å². The van der Waals surface area contributed by atoms with E-state index in [-0.39, 0.29) is 6.04 Å². The van der Waals surface area contributed by atoms with Crippen LogP contribution in [0.4, 0.5) is 0 Å². The molecule has 100 valence electrons. The molecule has 0 bridgehead atoms. The lowest BCUT2D eigenvalue weighted by molar-refractivity contribution is 0.139. The lowest BCUT2D eigenvalue weighted by Gasteiger charge is -2.27. The van der Waals surface area contributed by atoms with Crippen LogP contribution in [0.15, 0.2) is 29.2 Å². The third kappa shape index (κ3) is 3.06. The van der Waals surface area contributed by atoms with Crippen molar-refractivity contribution in [2.24, 2.45) is 5.73 Å². The molecule has 0 radical (unpaired) electrons. The summed E-state index contributed by atoms with van der Waals surface area (Å²) in [5, 5.41) is 0. The second-order valence-corrected chi connectivity index (χ2v) is 5.58. The van der Waals surface area contributed by atoms with Crippen LogP contribution in [0, 0.1) is 0 Å². The maximum Gasteiger partial charge on any atom is 0.0589 e. The van der Waals surface area contributed by atoms with Crippen LogP contribution >= 0.6 is 11.8 Å². The molecule has 1 aromatic carbocycles. The van der Waals surface area contributed by atoms with E-state index in [9.17, 15) is 0 Å². The second-order valence-electron chi connectivity index (χ2n) is 4.70. The van der Waals surface area contributed by atoms with Gasteiger partial charge in [0.25, 0.3) is 0 Å². The van der Waals surface area contributed by atoms with Gasteiger partial charge in [0.2, 0.25) is 0 Å². The highest BCUT2D eigenvalue weighted by atomic mass is 32.2. The molecule has 2 atom stereocenters. The summed E-state index contributed by atoms with van der Waals surface area (Å²) in [5.41, 5.74) is 7.58. The predicted molar refractivity (Wildman–Crippen MR) is 77.0 cm³/mol. The largest absolute Gasteiger partial charge is 0.383 e. The number of nitrogens with two attached hydrogens (primary N) is 1. The molecule has 1 aliphatic rings. The molecule has 0 spiro atoms. The molecule has 0 amide bonds. The van der Waals surface area contributed by atoms with E-state index in [1.807, 2.05) is 0 Å². The van der Waals surface area contributed by atoms with Crippen LogP contribution in [-0.4, -0.2) is 44.0 Å². The van der Waals surface area contributed by atoms with E-state index < -0.39 is 0 Å². The first-order chi connectivity index (χ1) is 8.76. The number of rotatable bonds is 5. The molecule has 1 aliphatic heterocycles. The zero-order chi connectivity index (χ0) is 13.0. The van der Waals surface area contributed by atoms with Gasteiger partial charge in [0.1, 0.15) is 0 Å². The molecule has 1 heterocycles. The van der Waals surface area contributed by atoms with Crippen LogP contribution < -0.4 is 5.73 Å². The minimum absolute atomic E-state index is 0.238. The van der Waals surface area contributed by atoms with Gasteiger partial charge in [-0.15, -0.1) is 11.8 Å². The summed E-state index contributed by atoms with van der Waals surface area (Å²) in [4.78, 5) is 3.73. The number of benzene rings is 1. The van der Waals surface area contributed by atoms with E-state index in [0.29, 0.717) is 6.04 Å². The molecule has 2 unspecified atom stereocenters. The average Bonchev–Trinajstić information content (AvgIpc) is 2.77. The van der Waals surface area contributed by atoms with Crippen LogP contribution in [-0.2, 0) is 4.74 Å².